The van der Waals surface area contributed by atoms with Crippen LogP contribution in [0.25, 0.3) is 0 Å². The van der Waals surface area contributed by atoms with Crippen LogP contribution in [-0.2, 0) is 20.9 Å². The summed E-state index contributed by atoms with van der Waals surface area (Å²) in [6, 6.07) is 17.1. The topological polar surface area (TPSA) is 120 Å². The van der Waals surface area contributed by atoms with Crippen LogP contribution in [0.15, 0.2) is 65.5 Å². The summed E-state index contributed by atoms with van der Waals surface area (Å²) in [7, 11) is 1.44. The quantitative estimate of drug-likeness (QED) is 0.431. The molecule has 0 saturated heterocycles. The third kappa shape index (κ3) is 7.26. The highest BCUT2D eigenvalue weighted by Crippen LogP contribution is 2.19. The van der Waals surface area contributed by atoms with Gasteiger partial charge in [-0.15, -0.1) is 0 Å². The Bertz CT molecular complexity index is 1270. The summed E-state index contributed by atoms with van der Waals surface area (Å²) >= 11 is 0. The molecule has 3 rings (SSSR count). The summed E-state index contributed by atoms with van der Waals surface area (Å²) in [5.41, 5.74) is 1.98. The van der Waals surface area contributed by atoms with Gasteiger partial charge in [0.15, 0.2) is 12.3 Å². The maximum atomic E-state index is 12.4. The third-order valence-corrected chi connectivity index (χ3v) is 5.27. The lowest BCUT2D eigenvalue weighted by molar-refractivity contribution is -0.136. The Morgan fingerprint density at radius 3 is 2.36 bits per heavy atom. The molecule has 1 aromatic heterocycles. The van der Waals surface area contributed by atoms with Gasteiger partial charge < -0.3 is 19.7 Å². The average molecular weight is 493 g/mol. The zero-order valence-electron chi connectivity index (χ0n) is 20.4. The molecule has 0 unspecified atom stereocenters. The summed E-state index contributed by atoms with van der Waals surface area (Å²) < 4.78 is 11.7. The minimum atomic E-state index is -0.866. The molecule has 0 aliphatic rings. The van der Waals surface area contributed by atoms with Gasteiger partial charge in [-0.05, 0) is 43.2 Å². The van der Waals surface area contributed by atoms with Crippen LogP contribution < -0.4 is 15.6 Å². The molecule has 0 radical (unpaired) electrons. The van der Waals surface area contributed by atoms with Gasteiger partial charge in [-0.2, -0.15) is 5.10 Å². The maximum Gasteiger partial charge on any atom is 0.359 e. The first kappa shape index (κ1) is 26.1. The number of hydrogen-bond donors (Lipinski definition) is 1. The van der Waals surface area contributed by atoms with Gasteiger partial charge in [-0.1, -0.05) is 36.4 Å². The lowest BCUT2D eigenvalue weighted by Crippen LogP contribution is -2.37. The van der Waals surface area contributed by atoms with Crippen molar-refractivity contribution in [2.75, 3.05) is 32.1 Å². The number of rotatable bonds is 10. The van der Waals surface area contributed by atoms with E-state index in [0.717, 1.165) is 20.7 Å². The monoisotopic (exact) mass is 492 g/mol. The molecule has 0 bridgehead atoms. The lowest BCUT2D eigenvalue weighted by Gasteiger charge is -2.18. The van der Waals surface area contributed by atoms with Crippen LogP contribution in [0.2, 0.25) is 0 Å². The molecule has 3 aromatic rings. The molecule has 1 N–H and O–H groups in total. The minimum absolute atomic E-state index is 0.117. The number of nitrogens with one attached hydrogen (secondary N) is 1. The van der Waals surface area contributed by atoms with E-state index in [1.54, 1.807) is 12.1 Å². The third-order valence-electron chi connectivity index (χ3n) is 5.27. The standard InChI is InChI=1S/C26H28N4O6/c1-18-8-7-9-19(2)25(18)27-22(31)16-29(3)24(33)17-36-26(34)21-12-13-23(32)30(28-21)14-15-35-20-10-5-4-6-11-20/h4-13H,14-17H2,1-3H3,(H,27,31). The van der Waals surface area contributed by atoms with Crippen LogP contribution in [0.1, 0.15) is 21.6 Å². The second kappa shape index (κ2) is 12.3. The van der Waals surface area contributed by atoms with Crippen LogP contribution in [-0.4, -0.2) is 59.3 Å². The molecule has 10 nitrogen and oxygen atoms in total. The van der Waals surface area contributed by atoms with Crippen molar-refractivity contribution in [1.29, 1.82) is 0 Å². The number of para-hydroxylation sites is 2. The Kier molecular flexibility index (Phi) is 8.93. The van der Waals surface area contributed by atoms with Gasteiger partial charge in [-0.25, -0.2) is 9.48 Å². The second-order valence-corrected chi connectivity index (χ2v) is 8.08. The first-order chi connectivity index (χ1) is 17.2. The van der Waals surface area contributed by atoms with Gasteiger partial charge >= 0.3 is 5.97 Å². The predicted octanol–water partition coefficient (Wildman–Crippen LogP) is 2.19. The summed E-state index contributed by atoms with van der Waals surface area (Å²) in [5.74, 6) is -1.16. The fourth-order valence-corrected chi connectivity index (χ4v) is 3.29. The molecule has 0 spiro atoms. The molecule has 0 atom stereocenters. The largest absolute Gasteiger partial charge is 0.492 e. The number of hydrogen-bond acceptors (Lipinski definition) is 7. The number of carbonyl (C=O) groups is 3. The van der Waals surface area contributed by atoms with E-state index in [1.165, 1.54) is 19.2 Å². The van der Waals surface area contributed by atoms with Gasteiger partial charge in [0.05, 0.1) is 13.1 Å². The Hall–Kier alpha value is -4.47. The molecule has 36 heavy (non-hydrogen) atoms. The number of anilines is 1. The van der Waals surface area contributed by atoms with Gasteiger partial charge in [0, 0.05) is 18.8 Å². The highest BCUT2D eigenvalue weighted by atomic mass is 16.5. The van der Waals surface area contributed by atoms with Crippen molar-refractivity contribution < 1.29 is 23.9 Å². The summed E-state index contributed by atoms with van der Waals surface area (Å²) in [6.45, 7) is 3.25. The van der Waals surface area contributed by atoms with Crippen LogP contribution in [0.3, 0.4) is 0 Å². The molecule has 2 aromatic carbocycles. The lowest BCUT2D eigenvalue weighted by atomic mass is 10.1. The summed E-state index contributed by atoms with van der Waals surface area (Å²) in [6.07, 6.45) is 0. The Balaban J connectivity index is 1.49. The van der Waals surface area contributed by atoms with Crippen molar-refractivity contribution >= 4 is 23.5 Å². The van der Waals surface area contributed by atoms with Crippen molar-refractivity contribution in [3.63, 3.8) is 0 Å². The highest BCUT2D eigenvalue weighted by Gasteiger charge is 2.18. The zero-order chi connectivity index (χ0) is 26.1. The van der Waals surface area contributed by atoms with Gasteiger partial charge in [0.1, 0.15) is 12.4 Å². The van der Waals surface area contributed by atoms with E-state index in [2.05, 4.69) is 10.4 Å². The molecular formula is C26H28N4O6. The van der Waals surface area contributed by atoms with Gasteiger partial charge in [0.25, 0.3) is 11.5 Å². The Morgan fingerprint density at radius 2 is 1.67 bits per heavy atom. The van der Waals surface area contributed by atoms with Crippen LogP contribution in [0, 0.1) is 13.8 Å². The normalized spacial score (nSPS) is 10.4. The van der Waals surface area contributed by atoms with E-state index in [9.17, 15) is 19.2 Å². The number of aromatic nitrogens is 2. The SMILES string of the molecule is Cc1cccc(C)c1NC(=O)CN(C)C(=O)COC(=O)c1ccc(=O)n(CCOc2ccccc2)n1. The number of carbonyl (C=O) groups excluding carboxylic acids is 3. The fraction of sp³-hybridized carbons (Fsp3) is 0.269. The molecule has 0 fully saturated rings. The molecule has 0 aliphatic heterocycles. The number of nitrogens with zero attached hydrogens (tertiary/aromatic N) is 3. The van der Waals surface area contributed by atoms with E-state index in [4.69, 9.17) is 9.47 Å². The van der Waals surface area contributed by atoms with Crippen LogP contribution in [0.4, 0.5) is 5.69 Å². The number of likely N-dealkylation sites (N-methyl/N-ethyl adjacent to an activating group) is 1. The number of amides is 2. The van der Waals surface area contributed by atoms with Crippen molar-refractivity contribution in [1.82, 2.24) is 14.7 Å². The fourth-order valence-electron chi connectivity index (χ4n) is 3.29. The number of benzene rings is 2. The smallest absolute Gasteiger partial charge is 0.359 e. The van der Waals surface area contributed by atoms with Crippen LogP contribution >= 0.6 is 0 Å². The maximum absolute atomic E-state index is 12.4. The van der Waals surface area contributed by atoms with Crippen molar-refractivity contribution in [2.45, 2.75) is 20.4 Å². The number of aryl methyl sites for hydroxylation is 2. The summed E-state index contributed by atoms with van der Waals surface area (Å²) in [5, 5.41) is 6.80. The molecule has 10 heteroatoms. The average Bonchev–Trinajstić information content (AvgIpc) is 2.86. The first-order valence-corrected chi connectivity index (χ1v) is 11.3. The van der Waals surface area contributed by atoms with Gasteiger partial charge in [0.2, 0.25) is 5.91 Å². The van der Waals surface area contributed by atoms with E-state index < -0.39 is 24.0 Å². The molecule has 2 amide bonds. The second-order valence-electron chi connectivity index (χ2n) is 8.08. The van der Waals surface area contributed by atoms with E-state index in [0.29, 0.717) is 11.4 Å². The van der Waals surface area contributed by atoms with Crippen LogP contribution in [0.5, 0.6) is 5.75 Å². The van der Waals surface area contributed by atoms with E-state index >= 15 is 0 Å². The van der Waals surface area contributed by atoms with Crippen molar-refractivity contribution in [3.05, 3.63) is 87.8 Å². The van der Waals surface area contributed by atoms with E-state index in [1.807, 2.05) is 50.2 Å². The molecule has 0 saturated carbocycles. The minimum Gasteiger partial charge on any atom is -0.492 e. The number of ether oxygens (including phenoxy) is 2. The van der Waals surface area contributed by atoms with Crippen molar-refractivity contribution in [2.24, 2.45) is 0 Å². The zero-order valence-corrected chi connectivity index (χ0v) is 20.4. The number of esters is 1. The molecule has 1 heterocycles. The molecule has 0 aliphatic carbocycles. The van der Waals surface area contributed by atoms with Crippen molar-refractivity contribution in [3.8, 4) is 5.75 Å². The van der Waals surface area contributed by atoms with Gasteiger partial charge in [-0.3, -0.25) is 14.4 Å². The highest BCUT2D eigenvalue weighted by molar-refractivity contribution is 5.96. The van der Waals surface area contributed by atoms with E-state index in [-0.39, 0.29) is 31.3 Å². The molecule has 188 valence electrons. The molecular weight excluding hydrogens is 464 g/mol. The predicted molar refractivity (Wildman–Crippen MR) is 133 cm³/mol. The summed E-state index contributed by atoms with van der Waals surface area (Å²) in [4.78, 5) is 50.4. The Labute approximate surface area is 208 Å². The Morgan fingerprint density at radius 1 is 0.972 bits per heavy atom. The first-order valence-electron chi connectivity index (χ1n) is 11.3.